The van der Waals surface area contributed by atoms with E-state index in [1.54, 1.807) is 36.4 Å². The van der Waals surface area contributed by atoms with Crippen LogP contribution in [0, 0.1) is 0 Å². The Morgan fingerprint density at radius 3 is 2.60 bits per heavy atom. The van der Waals surface area contributed by atoms with E-state index >= 15 is 0 Å². The average Bonchev–Trinajstić information content (AvgIpc) is 2.61. The summed E-state index contributed by atoms with van der Waals surface area (Å²) in [5.74, 6) is 0.377. The highest BCUT2D eigenvalue weighted by Gasteiger charge is 2.15. The number of carbonyl (C=O) groups is 1. The van der Waals surface area contributed by atoms with Gasteiger partial charge in [0.05, 0.1) is 31.6 Å². The molecule has 0 aliphatic heterocycles. The zero-order valence-electron chi connectivity index (χ0n) is 13.7. The van der Waals surface area contributed by atoms with Gasteiger partial charge in [-0.2, -0.15) is 0 Å². The summed E-state index contributed by atoms with van der Waals surface area (Å²) in [5, 5.41) is 9.41. The largest absolute Gasteiger partial charge is 0.497 e. The molecule has 6 nitrogen and oxygen atoms in total. The zero-order valence-corrected chi connectivity index (χ0v) is 13.7. The van der Waals surface area contributed by atoms with Gasteiger partial charge in [-0.1, -0.05) is 12.1 Å². The Balaban J connectivity index is 2.28. The third-order valence-corrected chi connectivity index (χ3v) is 3.85. The number of rotatable bonds is 5. The Kier molecular flexibility index (Phi) is 4.43. The molecule has 0 bridgehead atoms. The second-order valence-electron chi connectivity index (χ2n) is 5.41. The molecule has 0 spiro atoms. The van der Waals surface area contributed by atoms with Crippen molar-refractivity contribution >= 4 is 16.9 Å². The number of benzene rings is 2. The lowest BCUT2D eigenvalue weighted by Crippen LogP contribution is -2.05. The quantitative estimate of drug-likeness (QED) is 0.768. The number of carboxylic acids is 1. The molecule has 1 aromatic heterocycles. The number of methoxy groups -OCH3 is 2. The van der Waals surface area contributed by atoms with Crippen LogP contribution in [-0.2, 0) is 11.2 Å². The van der Waals surface area contributed by atoms with E-state index < -0.39 is 5.97 Å². The van der Waals surface area contributed by atoms with Crippen LogP contribution in [0.15, 0.2) is 51.7 Å². The van der Waals surface area contributed by atoms with Crippen LogP contribution < -0.4 is 14.9 Å². The lowest BCUT2D eigenvalue weighted by atomic mass is 10.1. The van der Waals surface area contributed by atoms with E-state index in [0.717, 1.165) is 0 Å². The molecule has 1 heterocycles. The Bertz CT molecular complexity index is 1000. The van der Waals surface area contributed by atoms with Gasteiger partial charge in [-0.15, -0.1) is 0 Å². The first kappa shape index (κ1) is 16.6. The number of para-hydroxylation sites is 1. The third-order valence-electron chi connectivity index (χ3n) is 3.85. The first-order valence-corrected chi connectivity index (χ1v) is 7.53. The van der Waals surface area contributed by atoms with E-state index in [1.165, 1.54) is 20.3 Å². The van der Waals surface area contributed by atoms with E-state index in [4.69, 9.17) is 19.0 Å². The molecular formula is C19H16O6. The molecule has 0 saturated heterocycles. The lowest BCUT2D eigenvalue weighted by molar-refractivity contribution is -0.136. The molecule has 3 rings (SSSR count). The van der Waals surface area contributed by atoms with Crippen molar-refractivity contribution in [1.82, 2.24) is 0 Å². The summed E-state index contributed by atoms with van der Waals surface area (Å²) in [5.41, 5.74) is 0.988. The molecule has 6 heteroatoms. The van der Waals surface area contributed by atoms with E-state index in [0.29, 0.717) is 28.0 Å². The van der Waals surface area contributed by atoms with Gasteiger partial charge in [-0.25, -0.2) is 0 Å². The van der Waals surface area contributed by atoms with Crippen molar-refractivity contribution in [3.63, 3.8) is 0 Å². The number of fused-ring (bicyclic) bond motifs is 1. The summed E-state index contributed by atoms with van der Waals surface area (Å²) in [4.78, 5) is 23.6. The summed E-state index contributed by atoms with van der Waals surface area (Å²) >= 11 is 0. The predicted octanol–water partition coefficient (Wildman–Crippen LogP) is 3.10. The van der Waals surface area contributed by atoms with E-state index in [1.807, 2.05) is 0 Å². The predicted molar refractivity (Wildman–Crippen MR) is 92.4 cm³/mol. The summed E-state index contributed by atoms with van der Waals surface area (Å²) < 4.78 is 16.5. The van der Waals surface area contributed by atoms with Crippen molar-refractivity contribution in [3.05, 3.63) is 58.3 Å². The Labute approximate surface area is 143 Å². The molecule has 0 unspecified atom stereocenters. The van der Waals surface area contributed by atoms with Crippen LogP contribution in [0.25, 0.3) is 22.3 Å². The Hall–Kier alpha value is -3.28. The highest BCUT2D eigenvalue weighted by Crippen LogP contribution is 2.34. The summed E-state index contributed by atoms with van der Waals surface area (Å²) in [6, 6.07) is 11.4. The molecule has 0 atom stereocenters. The molecule has 25 heavy (non-hydrogen) atoms. The first-order valence-electron chi connectivity index (χ1n) is 7.53. The van der Waals surface area contributed by atoms with Crippen molar-refractivity contribution in [1.29, 1.82) is 0 Å². The van der Waals surface area contributed by atoms with Gasteiger partial charge in [-0.05, 0) is 24.3 Å². The Morgan fingerprint density at radius 2 is 1.92 bits per heavy atom. The molecule has 0 aliphatic rings. The molecule has 0 fully saturated rings. The maximum atomic E-state index is 12.5. The molecule has 1 N–H and O–H groups in total. The fraction of sp³-hybridized carbons (Fsp3) is 0.158. The Morgan fingerprint density at radius 1 is 1.12 bits per heavy atom. The highest BCUT2D eigenvalue weighted by atomic mass is 16.5. The van der Waals surface area contributed by atoms with Crippen LogP contribution in [-0.4, -0.2) is 25.3 Å². The van der Waals surface area contributed by atoms with Crippen LogP contribution in [0.4, 0.5) is 0 Å². The zero-order chi connectivity index (χ0) is 18.0. The standard InChI is InChI=1S/C19H16O6/c1-23-12-6-7-16(24-2)14(9-12)17-10-15(20)13-5-3-4-11(8-18(21)22)19(13)25-17/h3-7,9-10H,8H2,1-2H3,(H,21,22). The van der Waals surface area contributed by atoms with Crippen molar-refractivity contribution in [2.75, 3.05) is 14.2 Å². The van der Waals surface area contributed by atoms with Crippen LogP contribution in [0.5, 0.6) is 11.5 Å². The van der Waals surface area contributed by atoms with Crippen molar-refractivity contribution in [3.8, 4) is 22.8 Å². The normalized spacial score (nSPS) is 10.6. The van der Waals surface area contributed by atoms with Gasteiger partial charge in [0, 0.05) is 11.6 Å². The molecule has 0 aliphatic carbocycles. The van der Waals surface area contributed by atoms with Crippen LogP contribution in [0.1, 0.15) is 5.56 Å². The SMILES string of the molecule is COc1ccc(OC)c(-c2cc(=O)c3cccc(CC(=O)O)c3o2)c1. The van der Waals surface area contributed by atoms with Gasteiger partial charge in [0.1, 0.15) is 22.8 Å². The van der Waals surface area contributed by atoms with Crippen molar-refractivity contribution < 1.29 is 23.8 Å². The maximum Gasteiger partial charge on any atom is 0.307 e. The molecule has 0 radical (unpaired) electrons. The average molecular weight is 340 g/mol. The first-order chi connectivity index (χ1) is 12.0. The molecule has 0 amide bonds. The van der Waals surface area contributed by atoms with E-state index in [9.17, 15) is 9.59 Å². The second kappa shape index (κ2) is 6.68. The smallest absolute Gasteiger partial charge is 0.307 e. The maximum absolute atomic E-state index is 12.5. The van der Waals surface area contributed by atoms with Crippen LogP contribution in [0.3, 0.4) is 0 Å². The number of aliphatic carboxylic acids is 1. The monoisotopic (exact) mass is 340 g/mol. The molecule has 128 valence electrons. The summed E-state index contributed by atoms with van der Waals surface area (Å²) in [6.07, 6.45) is -0.237. The fourth-order valence-corrected chi connectivity index (χ4v) is 2.68. The van der Waals surface area contributed by atoms with Gasteiger partial charge in [0.25, 0.3) is 0 Å². The van der Waals surface area contributed by atoms with Crippen molar-refractivity contribution in [2.45, 2.75) is 6.42 Å². The van der Waals surface area contributed by atoms with Gasteiger partial charge < -0.3 is 19.0 Å². The number of carboxylic acid groups (broad SMARTS) is 1. The molecule has 0 saturated carbocycles. The van der Waals surface area contributed by atoms with Crippen molar-refractivity contribution in [2.24, 2.45) is 0 Å². The summed E-state index contributed by atoms with van der Waals surface area (Å²) in [6.45, 7) is 0. The van der Waals surface area contributed by atoms with Crippen LogP contribution in [0.2, 0.25) is 0 Å². The lowest BCUT2D eigenvalue weighted by Gasteiger charge is -2.11. The van der Waals surface area contributed by atoms with Gasteiger partial charge in [-0.3, -0.25) is 9.59 Å². The van der Waals surface area contributed by atoms with Gasteiger partial charge >= 0.3 is 5.97 Å². The van der Waals surface area contributed by atoms with Gasteiger partial charge in [0.2, 0.25) is 0 Å². The number of hydrogen-bond donors (Lipinski definition) is 1. The minimum atomic E-state index is -1.00. The molecular weight excluding hydrogens is 324 g/mol. The second-order valence-corrected chi connectivity index (χ2v) is 5.41. The minimum Gasteiger partial charge on any atom is -0.497 e. The minimum absolute atomic E-state index is 0.237. The fourth-order valence-electron chi connectivity index (χ4n) is 2.68. The highest BCUT2D eigenvalue weighted by molar-refractivity contribution is 5.85. The number of ether oxygens (including phenoxy) is 2. The van der Waals surface area contributed by atoms with Gasteiger partial charge in [0.15, 0.2) is 5.43 Å². The molecule has 3 aromatic rings. The molecule has 2 aromatic carbocycles. The third kappa shape index (κ3) is 3.19. The topological polar surface area (TPSA) is 86.0 Å². The van der Waals surface area contributed by atoms with E-state index in [-0.39, 0.29) is 23.2 Å². The van der Waals surface area contributed by atoms with Crippen LogP contribution >= 0.6 is 0 Å². The van der Waals surface area contributed by atoms with E-state index in [2.05, 4.69) is 0 Å². The summed E-state index contributed by atoms with van der Waals surface area (Å²) in [7, 11) is 3.05. The number of hydrogen-bond acceptors (Lipinski definition) is 5.